The van der Waals surface area contributed by atoms with E-state index in [0.717, 1.165) is 35.9 Å². The zero-order valence-electron chi connectivity index (χ0n) is 11.2. The molecule has 1 heterocycles. The molecule has 19 heavy (non-hydrogen) atoms. The molecular formula is C15H18N2O2. The minimum absolute atomic E-state index is 0.746. The quantitative estimate of drug-likeness (QED) is 0.865. The van der Waals surface area contributed by atoms with E-state index in [1.165, 1.54) is 0 Å². The number of ether oxygens (including phenoxy) is 2. The second-order valence-corrected chi connectivity index (χ2v) is 4.04. The molecule has 0 spiro atoms. The highest BCUT2D eigenvalue weighted by Gasteiger charge is 2.04. The lowest BCUT2D eigenvalue weighted by molar-refractivity contribution is 0.412. The van der Waals surface area contributed by atoms with E-state index in [2.05, 4.69) is 17.2 Å². The maximum absolute atomic E-state index is 5.87. The summed E-state index contributed by atoms with van der Waals surface area (Å²) >= 11 is 0. The SMILES string of the molecule is CCNCc1cnccc1Oc1ccc(OC)cc1. The highest BCUT2D eigenvalue weighted by Crippen LogP contribution is 2.26. The van der Waals surface area contributed by atoms with Crippen LogP contribution >= 0.6 is 0 Å². The maximum Gasteiger partial charge on any atom is 0.134 e. The molecular weight excluding hydrogens is 240 g/mol. The van der Waals surface area contributed by atoms with Gasteiger partial charge in [-0.1, -0.05) is 6.92 Å². The average Bonchev–Trinajstić information content (AvgIpc) is 2.47. The monoisotopic (exact) mass is 258 g/mol. The van der Waals surface area contributed by atoms with Crippen LogP contribution in [0.4, 0.5) is 0 Å². The number of pyridine rings is 1. The molecule has 0 bridgehead atoms. The van der Waals surface area contributed by atoms with Gasteiger partial charge in [-0.2, -0.15) is 0 Å². The van der Waals surface area contributed by atoms with Crippen molar-refractivity contribution in [3.05, 3.63) is 48.3 Å². The summed E-state index contributed by atoms with van der Waals surface area (Å²) in [5.74, 6) is 2.42. The Kier molecular flexibility index (Phi) is 4.75. The van der Waals surface area contributed by atoms with Crippen molar-refractivity contribution < 1.29 is 9.47 Å². The molecule has 0 fully saturated rings. The summed E-state index contributed by atoms with van der Waals surface area (Å²) < 4.78 is 11.0. The fraction of sp³-hybridized carbons (Fsp3) is 0.267. The zero-order chi connectivity index (χ0) is 13.5. The predicted molar refractivity (Wildman–Crippen MR) is 74.7 cm³/mol. The summed E-state index contributed by atoms with van der Waals surface area (Å²) in [6.45, 7) is 3.73. The van der Waals surface area contributed by atoms with Gasteiger partial charge >= 0.3 is 0 Å². The van der Waals surface area contributed by atoms with Gasteiger partial charge in [-0.25, -0.2) is 0 Å². The Morgan fingerprint density at radius 3 is 2.53 bits per heavy atom. The van der Waals surface area contributed by atoms with Crippen molar-refractivity contribution in [2.45, 2.75) is 13.5 Å². The van der Waals surface area contributed by atoms with Gasteiger partial charge in [0.25, 0.3) is 0 Å². The topological polar surface area (TPSA) is 43.4 Å². The molecule has 0 unspecified atom stereocenters. The fourth-order valence-corrected chi connectivity index (χ4v) is 1.68. The van der Waals surface area contributed by atoms with E-state index in [0.29, 0.717) is 0 Å². The van der Waals surface area contributed by atoms with Crippen LogP contribution in [0.1, 0.15) is 12.5 Å². The lowest BCUT2D eigenvalue weighted by Crippen LogP contribution is -2.12. The number of hydrogen-bond acceptors (Lipinski definition) is 4. The van der Waals surface area contributed by atoms with Crippen molar-refractivity contribution in [2.75, 3.05) is 13.7 Å². The van der Waals surface area contributed by atoms with E-state index in [1.807, 2.05) is 36.5 Å². The maximum atomic E-state index is 5.87. The first-order valence-electron chi connectivity index (χ1n) is 6.29. The summed E-state index contributed by atoms with van der Waals surface area (Å²) in [5.41, 5.74) is 1.04. The average molecular weight is 258 g/mol. The van der Waals surface area contributed by atoms with E-state index < -0.39 is 0 Å². The van der Waals surface area contributed by atoms with Crippen molar-refractivity contribution in [1.82, 2.24) is 10.3 Å². The Hall–Kier alpha value is -2.07. The standard InChI is InChI=1S/C15H18N2O2/c1-3-16-10-12-11-17-9-8-15(12)19-14-6-4-13(18-2)5-7-14/h4-9,11,16H,3,10H2,1-2H3. The number of nitrogens with one attached hydrogen (secondary N) is 1. The summed E-state index contributed by atoms with van der Waals surface area (Å²) in [4.78, 5) is 4.13. The normalized spacial score (nSPS) is 10.2. The van der Waals surface area contributed by atoms with Crippen molar-refractivity contribution >= 4 is 0 Å². The predicted octanol–water partition coefficient (Wildman–Crippen LogP) is 2.99. The third-order valence-corrected chi connectivity index (χ3v) is 2.71. The zero-order valence-corrected chi connectivity index (χ0v) is 11.2. The Morgan fingerprint density at radius 2 is 1.84 bits per heavy atom. The molecule has 0 atom stereocenters. The van der Waals surface area contributed by atoms with E-state index in [9.17, 15) is 0 Å². The summed E-state index contributed by atoms with van der Waals surface area (Å²) in [5, 5.41) is 3.27. The highest BCUT2D eigenvalue weighted by molar-refractivity contribution is 5.38. The third-order valence-electron chi connectivity index (χ3n) is 2.71. The molecule has 0 amide bonds. The Bertz CT molecular complexity index is 512. The van der Waals surface area contributed by atoms with E-state index in [4.69, 9.17) is 9.47 Å². The first-order valence-corrected chi connectivity index (χ1v) is 6.29. The van der Waals surface area contributed by atoms with Gasteiger partial charge in [0, 0.05) is 24.5 Å². The van der Waals surface area contributed by atoms with Gasteiger partial charge in [0.1, 0.15) is 17.2 Å². The third kappa shape index (κ3) is 3.69. The summed E-state index contributed by atoms with van der Waals surface area (Å²) in [6, 6.07) is 9.39. The molecule has 2 aromatic rings. The smallest absolute Gasteiger partial charge is 0.134 e. The molecule has 2 rings (SSSR count). The van der Waals surface area contributed by atoms with Crippen LogP contribution in [0.15, 0.2) is 42.7 Å². The van der Waals surface area contributed by atoms with Crippen molar-refractivity contribution in [3.63, 3.8) is 0 Å². The molecule has 0 saturated heterocycles. The molecule has 0 saturated carbocycles. The molecule has 4 nitrogen and oxygen atoms in total. The van der Waals surface area contributed by atoms with E-state index in [-0.39, 0.29) is 0 Å². The van der Waals surface area contributed by atoms with Crippen LogP contribution in [0.5, 0.6) is 17.2 Å². The van der Waals surface area contributed by atoms with Crippen LogP contribution in [-0.4, -0.2) is 18.6 Å². The number of methoxy groups -OCH3 is 1. The van der Waals surface area contributed by atoms with Gasteiger partial charge in [0.15, 0.2) is 0 Å². The second kappa shape index (κ2) is 6.75. The molecule has 0 aliphatic rings. The second-order valence-electron chi connectivity index (χ2n) is 4.04. The Labute approximate surface area is 113 Å². The lowest BCUT2D eigenvalue weighted by Gasteiger charge is -2.11. The van der Waals surface area contributed by atoms with Crippen LogP contribution in [0.2, 0.25) is 0 Å². The van der Waals surface area contributed by atoms with Crippen molar-refractivity contribution in [2.24, 2.45) is 0 Å². The van der Waals surface area contributed by atoms with Crippen LogP contribution in [-0.2, 0) is 6.54 Å². The highest BCUT2D eigenvalue weighted by atomic mass is 16.5. The largest absolute Gasteiger partial charge is 0.497 e. The Morgan fingerprint density at radius 1 is 1.11 bits per heavy atom. The van der Waals surface area contributed by atoms with Crippen LogP contribution in [0, 0.1) is 0 Å². The molecule has 1 N–H and O–H groups in total. The minimum atomic E-state index is 0.746. The van der Waals surface area contributed by atoms with Crippen molar-refractivity contribution in [1.29, 1.82) is 0 Å². The molecule has 0 aliphatic carbocycles. The van der Waals surface area contributed by atoms with Gasteiger partial charge in [0.05, 0.1) is 7.11 Å². The van der Waals surface area contributed by atoms with Crippen LogP contribution in [0.25, 0.3) is 0 Å². The number of aromatic nitrogens is 1. The van der Waals surface area contributed by atoms with Gasteiger partial charge in [0.2, 0.25) is 0 Å². The molecule has 100 valence electrons. The fourth-order valence-electron chi connectivity index (χ4n) is 1.68. The molecule has 1 aromatic heterocycles. The number of benzene rings is 1. The van der Waals surface area contributed by atoms with Crippen LogP contribution in [0.3, 0.4) is 0 Å². The number of rotatable bonds is 6. The Balaban J connectivity index is 2.12. The molecule has 4 heteroatoms. The van der Waals surface area contributed by atoms with Gasteiger partial charge in [-0.3, -0.25) is 4.98 Å². The van der Waals surface area contributed by atoms with E-state index >= 15 is 0 Å². The van der Waals surface area contributed by atoms with Gasteiger partial charge < -0.3 is 14.8 Å². The van der Waals surface area contributed by atoms with E-state index in [1.54, 1.807) is 13.3 Å². The van der Waals surface area contributed by atoms with Gasteiger partial charge in [-0.15, -0.1) is 0 Å². The molecule has 0 radical (unpaired) electrons. The molecule has 1 aromatic carbocycles. The molecule has 0 aliphatic heterocycles. The van der Waals surface area contributed by atoms with Crippen molar-refractivity contribution in [3.8, 4) is 17.2 Å². The lowest BCUT2D eigenvalue weighted by atomic mass is 10.2. The summed E-state index contributed by atoms with van der Waals surface area (Å²) in [6.07, 6.45) is 3.55. The first-order chi connectivity index (χ1) is 9.33. The van der Waals surface area contributed by atoms with Crippen LogP contribution < -0.4 is 14.8 Å². The number of hydrogen-bond donors (Lipinski definition) is 1. The summed E-state index contributed by atoms with van der Waals surface area (Å²) in [7, 11) is 1.65. The number of nitrogens with zero attached hydrogens (tertiary/aromatic N) is 1. The minimum Gasteiger partial charge on any atom is -0.497 e. The first kappa shape index (κ1) is 13.4. The van der Waals surface area contributed by atoms with Gasteiger partial charge in [-0.05, 0) is 36.9 Å².